The summed E-state index contributed by atoms with van der Waals surface area (Å²) in [6, 6.07) is 3.17. The van der Waals surface area contributed by atoms with Crippen LogP contribution >= 0.6 is 11.3 Å². The van der Waals surface area contributed by atoms with E-state index >= 15 is 0 Å². The molecular weight excluding hydrogens is 312 g/mol. The van der Waals surface area contributed by atoms with Gasteiger partial charge in [0.1, 0.15) is 6.04 Å². The van der Waals surface area contributed by atoms with Crippen LogP contribution in [0.4, 0.5) is 4.79 Å². The van der Waals surface area contributed by atoms with Crippen molar-refractivity contribution in [3.63, 3.8) is 0 Å². The molecule has 1 aromatic rings. The van der Waals surface area contributed by atoms with Crippen LogP contribution < -0.4 is 21.3 Å². The number of piperidine rings is 1. The van der Waals surface area contributed by atoms with E-state index in [1.54, 1.807) is 11.3 Å². The van der Waals surface area contributed by atoms with Crippen molar-refractivity contribution < 1.29 is 9.59 Å². The molecule has 0 aromatic carbocycles. The second kappa shape index (κ2) is 9.52. The number of rotatable bonds is 7. The molecule has 6 nitrogen and oxygen atoms in total. The van der Waals surface area contributed by atoms with Crippen LogP contribution in [0, 0.1) is 5.92 Å². The van der Waals surface area contributed by atoms with Crippen molar-refractivity contribution in [1.82, 2.24) is 21.3 Å². The van der Waals surface area contributed by atoms with E-state index in [0.717, 1.165) is 30.8 Å². The Labute approximate surface area is 141 Å². The fourth-order valence-corrected chi connectivity index (χ4v) is 3.24. The van der Waals surface area contributed by atoms with E-state index in [0.29, 0.717) is 25.4 Å². The van der Waals surface area contributed by atoms with Crippen LogP contribution in [0.3, 0.4) is 0 Å². The summed E-state index contributed by atoms with van der Waals surface area (Å²) in [5.41, 5.74) is 0. The van der Waals surface area contributed by atoms with Crippen molar-refractivity contribution in [3.8, 4) is 0 Å². The Morgan fingerprint density at radius 1 is 1.35 bits per heavy atom. The maximum Gasteiger partial charge on any atom is 0.315 e. The number of urea groups is 1. The number of amides is 3. The van der Waals surface area contributed by atoms with Gasteiger partial charge in [0.25, 0.3) is 0 Å². The third-order valence-corrected chi connectivity index (χ3v) is 4.93. The molecule has 1 fully saturated rings. The van der Waals surface area contributed by atoms with Crippen LogP contribution in [0.2, 0.25) is 0 Å². The van der Waals surface area contributed by atoms with Gasteiger partial charge in [0.15, 0.2) is 0 Å². The summed E-state index contributed by atoms with van der Waals surface area (Å²) < 4.78 is 0. The van der Waals surface area contributed by atoms with Crippen LogP contribution in [0.15, 0.2) is 17.5 Å². The van der Waals surface area contributed by atoms with Crippen LogP contribution in [0.5, 0.6) is 0 Å². The second-order valence-electron chi connectivity index (χ2n) is 5.81. The van der Waals surface area contributed by atoms with Crippen molar-refractivity contribution in [2.24, 2.45) is 5.92 Å². The fraction of sp³-hybridized carbons (Fsp3) is 0.625. The number of carbonyl (C=O) groups excluding carboxylic acids is 2. The molecule has 0 bridgehead atoms. The number of nitrogens with one attached hydrogen (secondary N) is 4. The molecule has 1 aliphatic rings. The van der Waals surface area contributed by atoms with Crippen molar-refractivity contribution in [1.29, 1.82) is 0 Å². The van der Waals surface area contributed by atoms with E-state index in [-0.39, 0.29) is 11.9 Å². The lowest BCUT2D eigenvalue weighted by Gasteiger charge is -2.23. The van der Waals surface area contributed by atoms with Crippen molar-refractivity contribution in [2.75, 3.05) is 19.6 Å². The Balaban J connectivity index is 1.69. The van der Waals surface area contributed by atoms with Gasteiger partial charge in [0.2, 0.25) is 5.91 Å². The van der Waals surface area contributed by atoms with Gasteiger partial charge < -0.3 is 21.3 Å². The molecular formula is C16H26N4O2S. The minimum absolute atomic E-state index is 0.141. The highest BCUT2D eigenvalue weighted by Gasteiger charge is 2.19. The Kier molecular flexibility index (Phi) is 7.35. The van der Waals surface area contributed by atoms with Gasteiger partial charge in [-0.25, -0.2) is 4.79 Å². The van der Waals surface area contributed by atoms with Crippen LogP contribution in [0.25, 0.3) is 0 Å². The van der Waals surface area contributed by atoms with E-state index in [2.05, 4.69) is 21.3 Å². The number of hydrogen-bond donors (Lipinski definition) is 4. The molecule has 0 aliphatic carbocycles. The van der Waals surface area contributed by atoms with Crippen LogP contribution in [-0.4, -0.2) is 37.6 Å². The summed E-state index contributed by atoms with van der Waals surface area (Å²) in [5.74, 6) is 0.382. The highest BCUT2D eigenvalue weighted by molar-refractivity contribution is 7.09. The molecule has 0 saturated carbocycles. The number of hydrogen-bond acceptors (Lipinski definition) is 4. The molecule has 2 rings (SSSR count). The molecule has 2 heterocycles. The van der Waals surface area contributed by atoms with Crippen LogP contribution in [0.1, 0.15) is 31.1 Å². The first-order valence-corrected chi connectivity index (χ1v) is 9.12. The topological polar surface area (TPSA) is 82.3 Å². The largest absolute Gasteiger partial charge is 0.349 e. The standard InChI is InChI=1S/C16H26N4O2S/c1-2-14(15(21)18-11-13-4-3-9-23-13)20-16(22)19-10-12-5-7-17-8-6-12/h3-4,9,12,14,17H,2,5-8,10-11H2,1H3,(H,18,21)(H2,19,20,22). The Bertz CT molecular complexity index is 486. The molecule has 3 amide bonds. The van der Waals surface area contributed by atoms with E-state index in [1.165, 1.54) is 0 Å². The molecule has 4 N–H and O–H groups in total. The molecule has 1 atom stereocenters. The maximum absolute atomic E-state index is 12.2. The van der Waals surface area contributed by atoms with Gasteiger partial charge in [-0.2, -0.15) is 0 Å². The zero-order valence-corrected chi connectivity index (χ0v) is 14.4. The zero-order chi connectivity index (χ0) is 16.5. The molecule has 7 heteroatoms. The predicted octanol–water partition coefficient (Wildman–Crippen LogP) is 1.44. The van der Waals surface area contributed by atoms with E-state index < -0.39 is 6.04 Å². The predicted molar refractivity (Wildman–Crippen MR) is 92.4 cm³/mol. The molecule has 1 aliphatic heterocycles. The Morgan fingerprint density at radius 2 is 2.13 bits per heavy atom. The first kappa shape index (κ1) is 17.7. The summed E-state index contributed by atoms with van der Waals surface area (Å²) in [4.78, 5) is 25.2. The summed E-state index contributed by atoms with van der Waals surface area (Å²) in [6.45, 7) is 5.09. The SMILES string of the molecule is CCC(NC(=O)NCC1CCNCC1)C(=O)NCc1cccs1. The van der Waals surface area contributed by atoms with Gasteiger partial charge >= 0.3 is 6.03 Å². The minimum atomic E-state index is -0.497. The summed E-state index contributed by atoms with van der Waals surface area (Å²) in [6.07, 6.45) is 2.73. The Hall–Kier alpha value is -1.60. The molecule has 23 heavy (non-hydrogen) atoms. The first-order valence-electron chi connectivity index (χ1n) is 8.24. The highest BCUT2D eigenvalue weighted by Crippen LogP contribution is 2.10. The van der Waals surface area contributed by atoms with Crippen molar-refractivity contribution in [3.05, 3.63) is 22.4 Å². The van der Waals surface area contributed by atoms with Gasteiger partial charge in [-0.1, -0.05) is 13.0 Å². The number of carbonyl (C=O) groups is 2. The molecule has 1 saturated heterocycles. The van der Waals surface area contributed by atoms with Gasteiger partial charge in [-0.05, 0) is 49.7 Å². The van der Waals surface area contributed by atoms with Gasteiger partial charge in [0.05, 0.1) is 6.54 Å². The number of thiophene rings is 1. The van der Waals surface area contributed by atoms with Gasteiger partial charge in [-0.15, -0.1) is 11.3 Å². The lowest BCUT2D eigenvalue weighted by atomic mass is 9.98. The molecule has 0 radical (unpaired) electrons. The van der Waals surface area contributed by atoms with E-state index in [1.807, 2.05) is 24.4 Å². The highest BCUT2D eigenvalue weighted by atomic mass is 32.1. The third kappa shape index (κ3) is 6.19. The maximum atomic E-state index is 12.2. The lowest BCUT2D eigenvalue weighted by Crippen LogP contribution is -2.50. The molecule has 1 aromatic heterocycles. The lowest BCUT2D eigenvalue weighted by molar-refractivity contribution is -0.123. The summed E-state index contributed by atoms with van der Waals surface area (Å²) in [7, 11) is 0. The third-order valence-electron chi connectivity index (χ3n) is 4.06. The first-order chi connectivity index (χ1) is 11.2. The average Bonchev–Trinajstić information content (AvgIpc) is 3.10. The normalized spacial score (nSPS) is 16.6. The molecule has 128 valence electrons. The molecule has 0 spiro atoms. The molecule has 1 unspecified atom stereocenters. The van der Waals surface area contributed by atoms with Gasteiger partial charge in [-0.3, -0.25) is 4.79 Å². The minimum Gasteiger partial charge on any atom is -0.349 e. The average molecular weight is 338 g/mol. The smallest absolute Gasteiger partial charge is 0.315 e. The second-order valence-corrected chi connectivity index (χ2v) is 6.84. The van der Waals surface area contributed by atoms with E-state index in [4.69, 9.17) is 0 Å². The summed E-state index contributed by atoms with van der Waals surface area (Å²) in [5, 5.41) is 13.8. The summed E-state index contributed by atoms with van der Waals surface area (Å²) >= 11 is 1.60. The zero-order valence-electron chi connectivity index (χ0n) is 13.6. The quantitative estimate of drug-likeness (QED) is 0.607. The fourth-order valence-electron chi connectivity index (χ4n) is 2.60. The van der Waals surface area contributed by atoms with Crippen LogP contribution in [-0.2, 0) is 11.3 Å². The van der Waals surface area contributed by atoms with E-state index in [9.17, 15) is 9.59 Å². The Morgan fingerprint density at radius 3 is 2.78 bits per heavy atom. The monoisotopic (exact) mass is 338 g/mol. The van der Waals surface area contributed by atoms with Crippen molar-refractivity contribution in [2.45, 2.75) is 38.8 Å². The van der Waals surface area contributed by atoms with Gasteiger partial charge in [0, 0.05) is 11.4 Å². The van der Waals surface area contributed by atoms with Crippen molar-refractivity contribution >= 4 is 23.3 Å².